The third-order valence-corrected chi connectivity index (χ3v) is 2.77. The normalized spacial score (nSPS) is 10.2. The summed E-state index contributed by atoms with van der Waals surface area (Å²) in [5, 5.41) is 2.77. The Morgan fingerprint density at radius 3 is 2.58 bits per heavy atom. The Morgan fingerprint density at radius 2 is 1.89 bits per heavy atom. The van der Waals surface area contributed by atoms with Crippen LogP contribution in [0.25, 0.3) is 0 Å². The zero-order valence-electron chi connectivity index (χ0n) is 11.0. The number of aromatic nitrogens is 1. The molecule has 0 bridgehead atoms. The number of anilines is 1. The number of rotatable bonds is 3. The fourth-order valence-electron chi connectivity index (χ4n) is 1.82. The minimum Gasteiger partial charge on any atom is -0.325 e. The van der Waals surface area contributed by atoms with Gasteiger partial charge in [-0.05, 0) is 43.2 Å². The topological polar surface area (TPSA) is 51.1 Å². The fraction of sp³-hybridized carbons (Fsp3) is 0.200. The summed E-state index contributed by atoms with van der Waals surface area (Å²) in [6.45, 7) is 3.83. The summed E-state index contributed by atoms with van der Waals surface area (Å²) in [6, 6.07) is 10.9. The summed E-state index contributed by atoms with van der Waals surface area (Å²) < 4.78 is 1.39. The number of aryl methyl sites for hydroxylation is 2. The first-order valence-corrected chi connectivity index (χ1v) is 6.08. The molecule has 4 heteroatoms. The summed E-state index contributed by atoms with van der Waals surface area (Å²) in [4.78, 5) is 23.5. The summed E-state index contributed by atoms with van der Waals surface area (Å²) >= 11 is 0. The molecule has 1 heterocycles. The maximum Gasteiger partial charge on any atom is 0.251 e. The minimum absolute atomic E-state index is 0.0209. The third kappa shape index (κ3) is 3.55. The lowest BCUT2D eigenvalue weighted by Crippen LogP contribution is -2.26. The van der Waals surface area contributed by atoms with Crippen LogP contribution >= 0.6 is 0 Å². The first-order chi connectivity index (χ1) is 9.04. The van der Waals surface area contributed by atoms with Gasteiger partial charge in [-0.1, -0.05) is 12.1 Å². The average Bonchev–Trinajstić information content (AvgIpc) is 2.33. The molecule has 0 spiro atoms. The van der Waals surface area contributed by atoms with Gasteiger partial charge >= 0.3 is 0 Å². The number of nitrogens with zero attached hydrogens (tertiary/aromatic N) is 1. The maximum absolute atomic E-state index is 11.9. The van der Waals surface area contributed by atoms with Crippen LogP contribution in [0.1, 0.15) is 11.1 Å². The first-order valence-electron chi connectivity index (χ1n) is 6.08. The van der Waals surface area contributed by atoms with Crippen molar-refractivity contribution in [2.75, 3.05) is 5.32 Å². The molecule has 19 heavy (non-hydrogen) atoms. The van der Waals surface area contributed by atoms with Gasteiger partial charge < -0.3 is 9.88 Å². The zero-order chi connectivity index (χ0) is 13.8. The molecule has 0 atom stereocenters. The van der Waals surface area contributed by atoms with Crippen LogP contribution in [0, 0.1) is 13.8 Å². The van der Waals surface area contributed by atoms with E-state index in [1.165, 1.54) is 10.6 Å². The van der Waals surface area contributed by atoms with Gasteiger partial charge in [0.25, 0.3) is 5.56 Å². The molecule has 0 saturated heterocycles. The summed E-state index contributed by atoms with van der Waals surface area (Å²) in [5.41, 5.74) is 2.54. The monoisotopic (exact) mass is 256 g/mol. The van der Waals surface area contributed by atoms with E-state index >= 15 is 0 Å². The standard InChI is InChI=1S/C15H16N2O2/c1-11-4-3-5-13(8-11)16-14(18)10-17-7-6-12(2)9-15(17)19/h3-9H,10H2,1-2H3,(H,16,18). The van der Waals surface area contributed by atoms with E-state index in [2.05, 4.69) is 5.32 Å². The van der Waals surface area contributed by atoms with Crippen LogP contribution in [-0.2, 0) is 11.3 Å². The van der Waals surface area contributed by atoms with Gasteiger partial charge in [-0.2, -0.15) is 0 Å². The molecule has 1 N–H and O–H groups in total. The largest absolute Gasteiger partial charge is 0.325 e. The second-order valence-electron chi connectivity index (χ2n) is 4.59. The van der Waals surface area contributed by atoms with Gasteiger partial charge in [0.1, 0.15) is 6.54 Å². The SMILES string of the molecule is Cc1cccc(NC(=O)Cn2ccc(C)cc2=O)c1. The Morgan fingerprint density at radius 1 is 1.16 bits per heavy atom. The number of hydrogen-bond donors (Lipinski definition) is 1. The molecule has 0 unspecified atom stereocenters. The van der Waals surface area contributed by atoms with Crippen LogP contribution in [0.4, 0.5) is 5.69 Å². The van der Waals surface area contributed by atoms with E-state index in [1.54, 1.807) is 12.3 Å². The summed E-state index contributed by atoms with van der Waals surface area (Å²) in [7, 11) is 0. The van der Waals surface area contributed by atoms with E-state index in [0.717, 1.165) is 16.8 Å². The van der Waals surface area contributed by atoms with E-state index in [4.69, 9.17) is 0 Å². The van der Waals surface area contributed by atoms with Crippen molar-refractivity contribution in [2.24, 2.45) is 0 Å². The van der Waals surface area contributed by atoms with Gasteiger partial charge in [-0.15, -0.1) is 0 Å². The van der Waals surface area contributed by atoms with Crippen molar-refractivity contribution < 1.29 is 4.79 Å². The fourth-order valence-corrected chi connectivity index (χ4v) is 1.82. The molecule has 1 aromatic carbocycles. The number of benzene rings is 1. The first kappa shape index (κ1) is 13.1. The van der Waals surface area contributed by atoms with Crippen LogP contribution in [0.5, 0.6) is 0 Å². The maximum atomic E-state index is 11.9. The minimum atomic E-state index is -0.212. The van der Waals surface area contributed by atoms with Gasteiger partial charge in [0, 0.05) is 18.0 Å². The molecule has 2 rings (SSSR count). The van der Waals surface area contributed by atoms with Crippen LogP contribution < -0.4 is 10.9 Å². The van der Waals surface area contributed by atoms with Crippen molar-refractivity contribution >= 4 is 11.6 Å². The molecule has 0 radical (unpaired) electrons. The molecular formula is C15H16N2O2. The molecule has 0 aliphatic rings. The highest BCUT2D eigenvalue weighted by Gasteiger charge is 2.05. The number of carbonyl (C=O) groups excluding carboxylic acids is 1. The highest BCUT2D eigenvalue weighted by molar-refractivity contribution is 5.90. The van der Waals surface area contributed by atoms with Gasteiger partial charge in [-0.3, -0.25) is 9.59 Å². The molecule has 0 saturated carbocycles. The molecule has 2 aromatic rings. The molecule has 0 fully saturated rings. The summed E-state index contributed by atoms with van der Waals surface area (Å²) in [5.74, 6) is -0.212. The van der Waals surface area contributed by atoms with Gasteiger partial charge in [0.2, 0.25) is 5.91 Å². The number of carbonyl (C=O) groups is 1. The highest BCUT2D eigenvalue weighted by atomic mass is 16.2. The third-order valence-electron chi connectivity index (χ3n) is 2.77. The van der Waals surface area contributed by atoms with Crippen molar-refractivity contribution in [3.05, 3.63) is 64.1 Å². The van der Waals surface area contributed by atoms with Gasteiger partial charge in [0.05, 0.1) is 0 Å². The summed E-state index contributed by atoms with van der Waals surface area (Å²) in [6.07, 6.45) is 1.63. The zero-order valence-corrected chi connectivity index (χ0v) is 11.0. The quantitative estimate of drug-likeness (QED) is 0.914. The Kier molecular flexibility index (Phi) is 3.80. The smallest absolute Gasteiger partial charge is 0.251 e. The predicted octanol–water partition coefficient (Wildman–Crippen LogP) is 2.10. The Bertz CT molecular complexity index is 659. The lowest BCUT2D eigenvalue weighted by Gasteiger charge is -2.08. The second kappa shape index (κ2) is 5.52. The number of nitrogens with one attached hydrogen (secondary N) is 1. The van der Waals surface area contributed by atoms with Crippen molar-refractivity contribution in [3.63, 3.8) is 0 Å². The number of hydrogen-bond acceptors (Lipinski definition) is 2. The number of pyridine rings is 1. The van der Waals surface area contributed by atoms with Crippen molar-refractivity contribution in [3.8, 4) is 0 Å². The predicted molar refractivity (Wildman–Crippen MR) is 75.2 cm³/mol. The molecule has 4 nitrogen and oxygen atoms in total. The lowest BCUT2D eigenvalue weighted by molar-refractivity contribution is -0.116. The van der Waals surface area contributed by atoms with E-state index in [-0.39, 0.29) is 18.0 Å². The average molecular weight is 256 g/mol. The second-order valence-corrected chi connectivity index (χ2v) is 4.59. The van der Waals surface area contributed by atoms with Crippen LogP contribution in [0.2, 0.25) is 0 Å². The molecule has 0 aliphatic carbocycles. The van der Waals surface area contributed by atoms with Crippen LogP contribution in [-0.4, -0.2) is 10.5 Å². The Balaban J connectivity index is 2.07. The van der Waals surface area contributed by atoms with Gasteiger partial charge in [-0.25, -0.2) is 0 Å². The van der Waals surface area contributed by atoms with E-state index < -0.39 is 0 Å². The Hall–Kier alpha value is -2.36. The van der Waals surface area contributed by atoms with E-state index in [1.807, 2.05) is 38.1 Å². The van der Waals surface area contributed by atoms with E-state index in [0.29, 0.717) is 0 Å². The molecule has 1 amide bonds. The van der Waals surface area contributed by atoms with E-state index in [9.17, 15) is 9.59 Å². The van der Waals surface area contributed by atoms with Crippen LogP contribution in [0.15, 0.2) is 47.4 Å². The highest BCUT2D eigenvalue weighted by Crippen LogP contribution is 2.09. The Labute approximate surface area is 111 Å². The molecule has 0 aliphatic heterocycles. The lowest BCUT2D eigenvalue weighted by atomic mass is 10.2. The molecule has 98 valence electrons. The molecular weight excluding hydrogens is 240 g/mol. The van der Waals surface area contributed by atoms with Crippen LogP contribution in [0.3, 0.4) is 0 Å². The molecule has 1 aromatic heterocycles. The van der Waals surface area contributed by atoms with Crippen molar-refractivity contribution in [1.82, 2.24) is 4.57 Å². The van der Waals surface area contributed by atoms with Crippen molar-refractivity contribution in [1.29, 1.82) is 0 Å². The number of amides is 1. The van der Waals surface area contributed by atoms with Crippen molar-refractivity contribution in [2.45, 2.75) is 20.4 Å². The van der Waals surface area contributed by atoms with Gasteiger partial charge in [0.15, 0.2) is 0 Å².